The number of rotatable bonds is 6. The van der Waals surface area contributed by atoms with Gasteiger partial charge in [0.05, 0.1) is 0 Å². The lowest BCUT2D eigenvalue weighted by Gasteiger charge is -2.07. The average molecular weight is 216 g/mol. The van der Waals surface area contributed by atoms with E-state index in [4.69, 9.17) is 4.74 Å². The van der Waals surface area contributed by atoms with Gasteiger partial charge in [-0.15, -0.1) is 0 Å². The Labute approximate surface area is 98.8 Å². The van der Waals surface area contributed by atoms with Gasteiger partial charge in [0.2, 0.25) is 0 Å². The summed E-state index contributed by atoms with van der Waals surface area (Å²) >= 11 is 0. The molecule has 0 atom stereocenters. The summed E-state index contributed by atoms with van der Waals surface area (Å²) in [6, 6.07) is 0. The number of hydrogen-bond donors (Lipinski definition) is 0. The smallest absolute Gasteiger partial charge is 0.127 e. The topological polar surface area (TPSA) is 9.23 Å². The van der Waals surface area contributed by atoms with Crippen molar-refractivity contribution in [1.82, 2.24) is 0 Å². The minimum absolute atomic E-state index is 0.590. The summed E-state index contributed by atoms with van der Waals surface area (Å²) in [6.07, 6.45) is 9.09. The highest BCUT2D eigenvalue weighted by atomic mass is 16.5. The second kappa shape index (κ2) is 7.52. The third kappa shape index (κ3) is 5.86. The minimum Gasteiger partial charge on any atom is -0.458 e. The molecule has 0 unspecified atom stereocenters. The first-order chi connectivity index (χ1) is 7.51. The third-order valence-electron chi connectivity index (χ3n) is 1.91. The Hall–Kier alpha value is -1.76. The predicted molar refractivity (Wildman–Crippen MR) is 71.9 cm³/mol. The van der Waals surface area contributed by atoms with E-state index in [2.05, 4.69) is 19.7 Å². The molecule has 0 bridgehead atoms. The Bertz CT molecular complexity index is 365. The highest BCUT2D eigenvalue weighted by Crippen LogP contribution is 2.13. The standard InChI is InChI=1S/C15H20O/c1-7-9-15(10-8-2)16-14(6)11-13(5)12(3)4/h7-11H,1,3,6H2,2,4-5H3/b10-8-,13-11-,15-9+. The van der Waals surface area contributed by atoms with Crippen LogP contribution in [0, 0.1) is 0 Å². The van der Waals surface area contributed by atoms with E-state index in [9.17, 15) is 0 Å². The van der Waals surface area contributed by atoms with Gasteiger partial charge in [-0.1, -0.05) is 37.5 Å². The molecule has 0 heterocycles. The van der Waals surface area contributed by atoms with Crippen molar-refractivity contribution in [3.63, 3.8) is 0 Å². The maximum Gasteiger partial charge on any atom is 0.127 e. The lowest BCUT2D eigenvalue weighted by atomic mass is 10.1. The van der Waals surface area contributed by atoms with E-state index in [0.717, 1.165) is 11.1 Å². The fraction of sp³-hybridized carbons (Fsp3) is 0.200. The van der Waals surface area contributed by atoms with Crippen LogP contribution in [0.25, 0.3) is 0 Å². The van der Waals surface area contributed by atoms with Crippen LogP contribution in [0.15, 0.2) is 72.8 Å². The summed E-state index contributed by atoms with van der Waals surface area (Å²) in [5.74, 6) is 1.31. The molecule has 0 aromatic rings. The Morgan fingerprint density at radius 1 is 1.19 bits per heavy atom. The zero-order valence-electron chi connectivity index (χ0n) is 10.4. The normalized spacial score (nSPS) is 12.7. The van der Waals surface area contributed by atoms with Gasteiger partial charge in [-0.2, -0.15) is 0 Å². The summed E-state index contributed by atoms with van der Waals surface area (Å²) < 4.78 is 5.54. The van der Waals surface area contributed by atoms with Crippen LogP contribution >= 0.6 is 0 Å². The van der Waals surface area contributed by atoms with Crippen LogP contribution in [-0.2, 0) is 4.74 Å². The largest absolute Gasteiger partial charge is 0.458 e. The second-order valence-corrected chi connectivity index (χ2v) is 3.48. The van der Waals surface area contributed by atoms with Gasteiger partial charge in [0.15, 0.2) is 0 Å². The summed E-state index contributed by atoms with van der Waals surface area (Å²) in [5, 5.41) is 0. The van der Waals surface area contributed by atoms with Crippen molar-refractivity contribution in [3.8, 4) is 0 Å². The van der Waals surface area contributed by atoms with Crippen molar-refractivity contribution in [3.05, 3.63) is 72.8 Å². The van der Waals surface area contributed by atoms with E-state index in [1.54, 1.807) is 12.2 Å². The van der Waals surface area contributed by atoms with E-state index in [1.165, 1.54) is 0 Å². The van der Waals surface area contributed by atoms with Gasteiger partial charge in [0, 0.05) is 0 Å². The van der Waals surface area contributed by atoms with Gasteiger partial charge in [0.25, 0.3) is 0 Å². The van der Waals surface area contributed by atoms with Crippen LogP contribution in [0.2, 0.25) is 0 Å². The molecule has 0 aliphatic rings. The first kappa shape index (κ1) is 14.2. The van der Waals surface area contributed by atoms with Crippen LogP contribution < -0.4 is 0 Å². The molecule has 16 heavy (non-hydrogen) atoms. The molecule has 0 rings (SSSR count). The molecule has 0 aliphatic carbocycles. The summed E-state index contributed by atoms with van der Waals surface area (Å²) in [7, 11) is 0. The van der Waals surface area contributed by atoms with E-state index in [0.29, 0.717) is 11.5 Å². The fourth-order valence-electron chi connectivity index (χ4n) is 0.950. The molecule has 0 radical (unpaired) electrons. The Morgan fingerprint density at radius 3 is 2.25 bits per heavy atom. The number of ether oxygens (including phenoxy) is 1. The molecule has 0 N–H and O–H groups in total. The quantitative estimate of drug-likeness (QED) is 0.462. The fourth-order valence-corrected chi connectivity index (χ4v) is 0.950. The zero-order valence-corrected chi connectivity index (χ0v) is 10.4. The molecule has 0 aromatic carbocycles. The van der Waals surface area contributed by atoms with Crippen molar-refractivity contribution in [1.29, 1.82) is 0 Å². The average Bonchev–Trinajstić information content (AvgIpc) is 2.17. The van der Waals surface area contributed by atoms with Crippen LogP contribution in [0.1, 0.15) is 20.8 Å². The first-order valence-electron chi connectivity index (χ1n) is 5.17. The summed E-state index contributed by atoms with van der Waals surface area (Å²) in [6.45, 7) is 17.2. The van der Waals surface area contributed by atoms with E-state index < -0.39 is 0 Å². The van der Waals surface area contributed by atoms with Gasteiger partial charge >= 0.3 is 0 Å². The third-order valence-corrected chi connectivity index (χ3v) is 1.91. The van der Waals surface area contributed by atoms with Crippen molar-refractivity contribution < 1.29 is 4.74 Å². The van der Waals surface area contributed by atoms with Crippen molar-refractivity contribution in [2.45, 2.75) is 20.8 Å². The van der Waals surface area contributed by atoms with Crippen molar-refractivity contribution in [2.24, 2.45) is 0 Å². The monoisotopic (exact) mass is 216 g/mol. The van der Waals surface area contributed by atoms with E-state index >= 15 is 0 Å². The van der Waals surface area contributed by atoms with Crippen molar-refractivity contribution >= 4 is 0 Å². The van der Waals surface area contributed by atoms with Gasteiger partial charge in [-0.3, -0.25) is 0 Å². The van der Waals surface area contributed by atoms with Crippen LogP contribution in [0.4, 0.5) is 0 Å². The Balaban J connectivity index is 4.66. The molecule has 0 saturated heterocycles. The lowest BCUT2D eigenvalue weighted by Crippen LogP contribution is -1.88. The van der Waals surface area contributed by atoms with Gasteiger partial charge in [-0.05, 0) is 44.6 Å². The number of hydrogen-bond acceptors (Lipinski definition) is 1. The molecule has 86 valence electrons. The lowest BCUT2D eigenvalue weighted by molar-refractivity contribution is 0.338. The molecule has 0 saturated carbocycles. The molecule has 0 amide bonds. The van der Waals surface area contributed by atoms with Crippen LogP contribution in [-0.4, -0.2) is 0 Å². The SMILES string of the molecule is C=C/C=C(\C=C/C)OC(=C)/C=C(/C)C(=C)C. The molecule has 1 nitrogen and oxygen atoms in total. The predicted octanol–water partition coefficient (Wildman–Crippen LogP) is 4.69. The molecule has 0 spiro atoms. The molecule has 1 heteroatoms. The highest BCUT2D eigenvalue weighted by Gasteiger charge is 1.96. The Morgan fingerprint density at radius 2 is 1.81 bits per heavy atom. The summed E-state index contributed by atoms with van der Waals surface area (Å²) in [5.41, 5.74) is 2.06. The van der Waals surface area contributed by atoms with Gasteiger partial charge < -0.3 is 4.74 Å². The Kier molecular flexibility index (Phi) is 6.69. The zero-order chi connectivity index (χ0) is 12.6. The maximum atomic E-state index is 5.54. The molecular weight excluding hydrogens is 196 g/mol. The van der Waals surface area contributed by atoms with Gasteiger partial charge in [-0.25, -0.2) is 0 Å². The molecule has 0 aromatic heterocycles. The van der Waals surface area contributed by atoms with E-state index in [1.807, 2.05) is 39.0 Å². The maximum absolute atomic E-state index is 5.54. The number of allylic oxidation sites excluding steroid dienone is 7. The molecule has 0 fully saturated rings. The highest BCUT2D eigenvalue weighted by molar-refractivity contribution is 5.31. The molecule has 0 aliphatic heterocycles. The minimum atomic E-state index is 0.590. The van der Waals surface area contributed by atoms with Crippen LogP contribution in [0.5, 0.6) is 0 Å². The van der Waals surface area contributed by atoms with E-state index in [-0.39, 0.29) is 0 Å². The summed E-state index contributed by atoms with van der Waals surface area (Å²) in [4.78, 5) is 0. The second-order valence-electron chi connectivity index (χ2n) is 3.48. The van der Waals surface area contributed by atoms with Crippen molar-refractivity contribution in [2.75, 3.05) is 0 Å². The van der Waals surface area contributed by atoms with Gasteiger partial charge in [0.1, 0.15) is 11.5 Å². The van der Waals surface area contributed by atoms with Crippen LogP contribution in [0.3, 0.4) is 0 Å². The first-order valence-corrected chi connectivity index (χ1v) is 5.17. The molecular formula is C15H20O.